The zero-order chi connectivity index (χ0) is 15.4. The van der Waals surface area contributed by atoms with Crippen molar-refractivity contribution < 1.29 is 9.13 Å². The van der Waals surface area contributed by atoms with E-state index >= 15 is 0 Å². The molecule has 2 aromatic rings. The van der Waals surface area contributed by atoms with Crippen LogP contribution in [0, 0.1) is 9.39 Å². The van der Waals surface area contributed by atoms with E-state index in [1.807, 2.05) is 38.1 Å². The molecule has 0 bridgehead atoms. The molecule has 0 spiro atoms. The Kier molecular flexibility index (Phi) is 5.55. The summed E-state index contributed by atoms with van der Waals surface area (Å²) in [5.41, 5.74) is 4.73. The van der Waals surface area contributed by atoms with Crippen LogP contribution in [0.5, 0.6) is 5.75 Å². The number of hydrogen-bond donors (Lipinski definition) is 2. The second-order valence-electron chi connectivity index (χ2n) is 5.00. The Balaban J connectivity index is 2.28. The van der Waals surface area contributed by atoms with Gasteiger partial charge in [-0.05, 0) is 71.8 Å². The van der Waals surface area contributed by atoms with Gasteiger partial charge in [0.15, 0.2) is 0 Å². The van der Waals surface area contributed by atoms with Gasteiger partial charge in [0.05, 0.1) is 12.1 Å². The maximum Gasteiger partial charge on any atom is 0.124 e. The zero-order valence-corrected chi connectivity index (χ0v) is 14.1. The van der Waals surface area contributed by atoms with E-state index in [9.17, 15) is 4.39 Å². The van der Waals surface area contributed by atoms with Crippen molar-refractivity contribution in [2.75, 3.05) is 0 Å². The maximum atomic E-state index is 13.2. The van der Waals surface area contributed by atoms with Gasteiger partial charge in [0, 0.05) is 3.57 Å². The van der Waals surface area contributed by atoms with Crippen molar-refractivity contribution in [3.63, 3.8) is 0 Å². The van der Waals surface area contributed by atoms with Gasteiger partial charge >= 0.3 is 0 Å². The number of nitrogens with one attached hydrogen (secondary N) is 1. The van der Waals surface area contributed by atoms with Gasteiger partial charge in [0.25, 0.3) is 0 Å². The minimum Gasteiger partial charge on any atom is -0.491 e. The summed E-state index contributed by atoms with van der Waals surface area (Å²) < 4.78 is 19.7. The third-order valence-corrected chi connectivity index (χ3v) is 3.96. The highest BCUT2D eigenvalue weighted by Gasteiger charge is 2.16. The number of rotatable bonds is 5. The maximum absolute atomic E-state index is 13.2. The Morgan fingerprint density at radius 3 is 2.33 bits per heavy atom. The van der Waals surface area contributed by atoms with Crippen LogP contribution in [0.1, 0.15) is 31.0 Å². The number of hydrogen-bond acceptors (Lipinski definition) is 3. The summed E-state index contributed by atoms with van der Waals surface area (Å²) in [6, 6.07) is 12.2. The molecule has 0 aromatic heterocycles. The molecule has 21 heavy (non-hydrogen) atoms. The van der Waals surface area contributed by atoms with E-state index in [1.54, 1.807) is 6.07 Å². The fourth-order valence-corrected chi connectivity index (χ4v) is 2.90. The van der Waals surface area contributed by atoms with E-state index in [2.05, 4.69) is 28.0 Å². The number of halogens is 2. The third kappa shape index (κ3) is 4.15. The molecule has 2 rings (SSSR count). The molecule has 0 aliphatic rings. The molecule has 0 saturated carbocycles. The monoisotopic (exact) mass is 400 g/mol. The summed E-state index contributed by atoms with van der Waals surface area (Å²) in [4.78, 5) is 0. The van der Waals surface area contributed by atoms with Crippen molar-refractivity contribution in [3.8, 4) is 5.75 Å². The van der Waals surface area contributed by atoms with Crippen molar-refractivity contribution >= 4 is 22.6 Å². The predicted octanol–water partition coefficient (Wildman–Crippen LogP) is 3.77. The molecule has 112 valence electrons. The van der Waals surface area contributed by atoms with Crippen LogP contribution >= 0.6 is 22.6 Å². The fraction of sp³-hybridized carbons (Fsp3) is 0.250. The van der Waals surface area contributed by atoms with Crippen LogP contribution in [0.4, 0.5) is 4.39 Å². The summed E-state index contributed by atoms with van der Waals surface area (Å²) in [5, 5.41) is 0. The molecule has 5 heteroatoms. The largest absolute Gasteiger partial charge is 0.491 e. The van der Waals surface area contributed by atoms with Gasteiger partial charge in [-0.1, -0.05) is 18.2 Å². The van der Waals surface area contributed by atoms with E-state index in [0.717, 1.165) is 20.4 Å². The average Bonchev–Trinajstić information content (AvgIpc) is 2.43. The Morgan fingerprint density at radius 2 is 1.81 bits per heavy atom. The molecule has 1 atom stereocenters. The number of ether oxygens (including phenoxy) is 1. The van der Waals surface area contributed by atoms with Gasteiger partial charge in [-0.2, -0.15) is 0 Å². The Morgan fingerprint density at radius 1 is 1.14 bits per heavy atom. The normalized spacial score (nSPS) is 12.5. The molecular formula is C16H18FIN2O. The van der Waals surface area contributed by atoms with Crippen molar-refractivity contribution in [3.05, 3.63) is 63.0 Å². The van der Waals surface area contributed by atoms with Crippen LogP contribution in [0.25, 0.3) is 0 Å². The molecule has 0 fully saturated rings. The molecule has 0 aliphatic heterocycles. The van der Waals surface area contributed by atoms with Gasteiger partial charge < -0.3 is 4.74 Å². The molecule has 2 aromatic carbocycles. The molecule has 0 heterocycles. The first kappa shape index (κ1) is 16.2. The molecular weight excluding hydrogens is 382 g/mol. The highest BCUT2D eigenvalue weighted by molar-refractivity contribution is 14.1. The van der Waals surface area contributed by atoms with Gasteiger partial charge in [0.1, 0.15) is 11.6 Å². The van der Waals surface area contributed by atoms with E-state index in [4.69, 9.17) is 10.6 Å². The van der Waals surface area contributed by atoms with Crippen molar-refractivity contribution in [2.45, 2.75) is 26.0 Å². The van der Waals surface area contributed by atoms with E-state index in [0.29, 0.717) is 0 Å². The lowest BCUT2D eigenvalue weighted by Gasteiger charge is -2.19. The first-order chi connectivity index (χ1) is 10.0. The van der Waals surface area contributed by atoms with Crippen LogP contribution in [0.3, 0.4) is 0 Å². The smallest absolute Gasteiger partial charge is 0.124 e. The number of hydrazine groups is 1. The van der Waals surface area contributed by atoms with Crippen molar-refractivity contribution in [2.24, 2.45) is 5.84 Å². The molecule has 0 saturated heterocycles. The Bertz CT molecular complexity index is 602. The lowest BCUT2D eigenvalue weighted by Crippen LogP contribution is -2.29. The Hall–Kier alpha value is -1.18. The lowest BCUT2D eigenvalue weighted by molar-refractivity contribution is 0.242. The van der Waals surface area contributed by atoms with Gasteiger partial charge in [-0.15, -0.1) is 0 Å². The first-order valence-corrected chi connectivity index (χ1v) is 7.77. The van der Waals surface area contributed by atoms with Crippen LogP contribution in [-0.4, -0.2) is 6.10 Å². The summed E-state index contributed by atoms with van der Waals surface area (Å²) in [7, 11) is 0. The van der Waals surface area contributed by atoms with Gasteiger partial charge in [0.2, 0.25) is 0 Å². The topological polar surface area (TPSA) is 47.3 Å². The lowest BCUT2D eigenvalue weighted by atomic mass is 9.99. The van der Waals surface area contributed by atoms with Crippen molar-refractivity contribution in [1.82, 2.24) is 5.43 Å². The molecule has 1 unspecified atom stereocenters. The third-order valence-electron chi connectivity index (χ3n) is 3.03. The van der Waals surface area contributed by atoms with Crippen LogP contribution in [0.15, 0.2) is 42.5 Å². The Labute approximate surface area is 137 Å². The van der Waals surface area contributed by atoms with Crippen molar-refractivity contribution in [1.29, 1.82) is 0 Å². The standard InChI is InChI=1S/C16H18FIN2O/c1-10(2)21-13-6-3-11(4-7-13)16(20-19)14-8-5-12(17)9-15(14)18/h3-10,16,20H,19H2,1-2H3. The van der Waals surface area contributed by atoms with E-state index < -0.39 is 0 Å². The number of nitrogens with two attached hydrogens (primary N) is 1. The number of benzene rings is 2. The van der Waals surface area contributed by atoms with Crippen LogP contribution < -0.4 is 16.0 Å². The average molecular weight is 400 g/mol. The second kappa shape index (κ2) is 7.20. The molecule has 3 nitrogen and oxygen atoms in total. The fourth-order valence-electron chi connectivity index (χ4n) is 2.11. The summed E-state index contributed by atoms with van der Waals surface area (Å²) in [6.45, 7) is 3.97. The van der Waals surface area contributed by atoms with Crippen LogP contribution in [0.2, 0.25) is 0 Å². The second-order valence-corrected chi connectivity index (χ2v) is 6.16. The SMILES string of the molecule is CC(C)Oc1ccc(C(NN)c2ccc(F)cc2I)cc1. The molecule has 0 radical (unpaired) electrons. The highest BCUT2D eigenvalue weighted by atomic mass is 127. The van der Waals surface area contributed by atoms with E-state index in [1.165, 1.54) is 12.1 Å². The molecule has 0 aliphatic carbocycles. The van der Waals surface area contributed by atoms with Gasteiger partial charge in [-0.3, -0.25) is 5.84 Å². The minimum atomic E-state index is -0.250. The summed E-state index contributed by atoms with van der Waals surface area (Å²) in [6.07, 6.45) is 0.136. The first-order valence-electron chi connectivity index (χ1n) is 6.69. The minimum absolute atomic E-state index is 0.136. The molecule has 3 N–H and O–H groups in total. The summed E-state index contributed by atoms with van der Waals surface area (Å²) in [5.74, 6) is 6.25. The molecule has 0 amide bonds. The van der Waals surface area contributed by atoms with E-state index in [-0.39, 0.29) is 18.0 Å². The highest BCUT2D eigenvalue weighted by Crippen LogP contribution is 2.27. The van der Waals surface area contributed by atoms with Gasteiger partial charge in [-0.25, -0.2) is 9.82 Å². The summed E-state index contributed by atoms with van der Waals surface area (Å²) >= 11 is 2.11. The van der Waals surface area contributed by atoms with Crippen LogP contribution in [-0.2, 0) is 0 Å². The predicted molar refractivity (Wildman–Crippen MR) is 90.5 cm³/mol. The quantitative estimate of drug-likeness (QED) is 0.457. The zero-order valence-electron chi connectivity index (χ0n) is 11.9.